The van der Waals surface area contributed by atoms with Crippen molar-refractivity contribution in [3.05, 3.63) is 22.7 Å². The van der Waals surface area contributed by atoms with Crippen LogP contribution in [-0.2, 0) is 13.8 Å². The molecule has 1 aromatic heterocycles. The van der Waals surface area contributed by atoms with Crippen molar-refractivity contribution < 1.29 is 23.3 Å². The average molecular weight is 339 g/mol. The number of hydrogen-bond acceptors (Lipinski definition) is 7. The first-order valence-corrected chi connectivity index (χ1v) is 8.63. The summed E-state index contributed by atoms with van der Waals surface area (Å²) in [6, 6.07) is 1.31. The van der Waals surface area contributed by atoms with Crippen LogP contribution in [0.4, 0.5) is 10.2 Å². The first kappa shape index (κ1) is 16.4. The van der Waals surface area contributed by atoms with E-state index >= 15 is 0 Å². The van der Waals surface area contributed by atoms with Crippen molar-refractivity contribution in [2.24, 2.45) is 0 Å². The first-order chi connectivity index (χ1) is 9.81. The number of hydrogen-bond donors (Lipinski definition) is 3. The molecule has 11 heteroatoms. The van der Waals surface area contributed by atoms with Crippen molar-refractivity contribution in [1.29, 1.82) is 0 Å². The maximum Gasteiger partial charge on any atom is 0.351 e. The minimum atomic E-state index is -2.75. The minimum absolute atomic E-state index is 0.00931. The molecule has 5 unspecified atom stereocenters. The molecular weight excluding hydrogens is 324 g/mol. The Morgan fingerprint density at radius 1 is 1.71 bits per heavy atom. The molecular formula is C10H15FN3O5PS. The van der Waals surface area contributed by atoms with Crippen LogP contribution >= 0.6 is 19.5 Å². The fourth-order valence-corrected chi connectivity index (χ4v) is 2.99. The number of halogens is 1. The number of aliphatic hydroxyl groups excluding tert-OH is 1. The molecule has 21 heavy (non-hydrogen) atoms. The van der Waals surface area contributed by atoms with E-state index in [4.69, 9.17) is 15.0 Å². The van der Waals surface area contributed by atoms with Crippen LogP contribution in [0.2, 0.25) is 0 Å². The van der Waals surface area contributed by atoms with Gasteiger partial charge in [0.05, 0.1) is 6.10 Å². The molecule has 0 aromatic carbocycles. The van der Waals surface area contributed by atoms with Crippen molar-refractivity contribution in [3.63, 3.8) is 0 Å². The van der Waals surface area contributed by atoms with Crippen molar-refractivity contribution in [2.75, 3.05) is 5.73 Å². The summed E-state index contributed by atoms with van der Waals surface area (Å²) in [6.45, 7) is 1.37. The van der Waals surface area contributed by atoms with Crippen LogP contribution in [0.1, 0.15) is 13.2 Å². The molecule has 1 aliphatic rings. The standard InChI is InChI=1S/C10H15FN3O5PS/c1-4(15)7-8(19-20(17)21)6(11)9(18-7)14-3-2-5(12)13-10(14)16/h2-4,6-9,15,20H,1H3,(H,17,21)(H2,12,13,16)/t4-,6?,7?,8?,9?/m0/s1. The first-order valence-electron chi connectivity index (χ1n) is 6.03. The summed E-state index contributed by atoms with van der Waals surface area (Å²) in [5.74, 6) is -0.00931. The van der Waals surface area contributed by atoms with Gasteiger partial charge in [-0.1, -0.05) is 12.2 Å². The van der Waals surface area contributed by atoms with Crippen LogP contribution in [0.25, 0.3) is 0 Å². The van der Waals surface area contributed by atoms with Crippen LogP contribution in [0.5, 0.6) is 0 Å². The highest BCUT2D eigenvalue weighted by Gasteiger charge is 2.49. The summed E-state index contributed by atoms with van der Waals surface area (Å²) in [6.07, 6.45) is -5.43. The molecule has 8 nitrogen and oxygen atoms in total. The fraction of sp³-hybridized carbons (Fsp3) is 0.600. The molecule has 2 rings (SSSR count). The van der Waals surface area contributed by atoms with Gasteiger partial charge in [-0.2, -0.15) is 4.98 Å². The van der Waals surface area contributed by atoms with Crippen molar-refractivity contribution in [2.45, 2.75) is 37.6 Å². The third kappa shape index (κ3) is 3.46. The highest BCUT2D eigenvalue weighted by Crippen LogP contribution is 2.41. The molecule has 0 saturated carbocycles. The number of rotatable bonds is 4. The molecule has 6 atom stereocenters. The van der Waals surface area contributed by atoms with Gasteiger partial charge in [0.15, 0.2) is 12.4 Å². The largest absolute Gasteiger partial charge is 0.391 e. The van der Waals surface area contributed by atoms with Gasteiger partial charge in [-0.25, -0.2) is 9.18 Å². The predicted molar refractivity (Wildman–Crippen MR) is 76.3 cm³/mol. The van der Waals surface area contributed by atoms with E-state index in [0.29, 0.717) is 0 Å². The van der Waals surface area contributed by atoms with Crippen LogP contribution in [0.15, 0.2) is 17.1 Å². The molecule has 2 heterocycles. The zero-order valence-electron chi connectivity index (χ0n) is 10.9. The Kier molecular flexibility index (Phi) is 5.05. The van der Waals surface area contributed by atoms with E-state index in [1.165, 1.54) is 19.2 Å². The number of nitrogens with two attached hydrogens (primary N) is 1. The van der Waals surface area contributed by atoms with Crippen LogP contribution in [0.3, 0.4) is 0 Å². The van der Waals surface area contributed by atoms with Crippen LogP contribution in [-0.4, -0.2) is 39.1 Å². The van der Waals surface area contributed by atoms with E-state index in [-0.39, 0.29) is 5.82 Å². The molecule has 118 valence electrons. The third-order valence-electron chi connectivity index (χ3n) is 3.04. The third-order valence-corrected chi connectivity index (χ3v) is 3.83. The Bertz CT molecular complexity index is 600. The summed E-state index contributed by atoms with van der Waals surface area (Å²) in [5, 5.41) is 9.62. The smallest absolute Gasteiger partial charge is 0.351 e. The topological polar surface area (TPSA) is 117 Å². The SMILES string of the molecule is C[C@H](O)C1OC(n2ccc(N)nc2=O)C(F)C1O[PH](=O)S. The van der Waals surface area contributed by atoms with Gasteiger partial charge in [-0.15, -0.1) is 0 Å². The molecule has 0 bridgehead atoms. The van der Waals surface area contributed by atoms with Crippen molar-refractivity contribution in [3.8, 4) is 0 Å². The number of aliphatic hydroxyl groups is 1. The number of anilines is 1. The lowest BCUT2D eigenvalue weighted by atomic mass is 10.1. The van der Waals surface area contributed by atoms with Gasteiger partial charge in [-0.05, 0) is 13.0 Å². The Morgan fingerprint density at radius 3 is 2.90 bits per heavy atom. The molecule has 0 radical (unpaired) electrons. The number of nitrogen functional groups attached to an aromatic ring is 1. The molecule has 0 spiro atoms. The number of ether oxygens (including phenoxy) is 1. The van der Waals surface area contributed by atoms with Crippen LogP contribution in [0, 0.1) is 0 Å². The van der Waals surface area contributed by atoms with E-state index < -0.39 is 43.6 Å². The Labute approximate surface area is 125 Å². The fourth-order valence-electron chi connectivity index (χ4n) is 2.13. The van der Waals surface area contributed by atoms with Gasteiger partial charge >= 0.3 is 5.69 Å². The molecule has 1 aliphatic heterocycles. The zero-order chi connectivity index (χ0) is 15.7. The van der Waals surface area contributed by atoms with E-state index in [1.54, 1.807) is 0 Å². The number of nitrogens with zero attached hydrogens (tertiary/aromatic N) is 2. The van der Waals surface area contributed by atoms with E-state index in [2.05, 4.69) is 17.2 Å². The molecule has 1 aromatic rings. The lowest BCUT2D eigenvalue weighted by Crippen LogP contribution is -2.37. The summed E-state index contributed by atoms with van der Waals surface area (Å²) < 4.78 is 36.7. The molecule has 0 aliphatic carbocycles. The Balaban J connectivity index is 2.33. The number of thiol groups is 1. The van der Waals surface area contributed by atoms with Crippen LogP contribution < -0.4 is 11.4 Å². The van der Waals surface area contributed by atoms with Gasteiger partial charge in [0.1, 0.15) is 18.0 Å². The second kappa shape index (κ2) is 6.45. The summed E-state index contributed by atoms with van der Waals surface area (Å²) in [7, 11) is -2.75. The van der Waals surface area contributed by atoms with Gasteiger partial charge in [0.2, 0.25) is 7.23 Å². The van der Waals surface area contributed by atoms with Gasteiger partial charge in [0.25, 0.3) is 0 Å². The molecule has 3 N–H and O–H groups in total. The van der Waals surface area contributed by atoms with Crippen molar-refractivity contribution >= 4 is 25.3 Å². The predicted octanol–water partition coefficient (Wildman–Crippen LogP) is 0.146. The second-order valence-corrected chi connectivity index (χ2v) is 6.43. The summed E-state index contributed by atoms with van der Waals surface area (Å²) in [4.78, 5) is 15.2. The zero-order valence-corrected chi connectivity index (χ0v) is 12.8. The molecule has 0 amide bonds. The van der Waals surface area contributed by atoms with Gasteiger partial charge < -0.3 is 20.1 Å². The van der Waals surface area contributed by atoms with E-state index in [9.17, 15) is 18.9 Å². The second-order valence-electron chi connectivity index (χ2n) is 4.57. The van der Waals surface area contributed by atoms with E-state index in [0.717, 1.165) is 4.57 Å². The highest BCUT2D eigenvalue weighted by molar-refractivity contribution is 8.39. The quantitative estimate of drug-likeness (QED) is 0.528. The maximum absolute atomic E-state index is 14.5. The highest BCUT2D eigenvalue weighted by atomic mass is 32.7. The Morgan fingerprint density at radius 2 is 2.38 bits per heavy atom. The lowest BCUT2D eigenvalue weighted by Gasteiger charge is -2.20. The van der Waals surface area contributed by atoms with Gasteiger partial charge in [0, 0.05) is 6.20 Å². The number of alkyl halides is 1. The normalized spacial score (nSPS) is 32.0. The number of aromatic nitrogens is 2. The molecule has 1 saturated heterocycles. The molecule has 1 fully saturated rings. The van der Waals surface area contributed by atoms with E-state index in [1.807, 2.05) is 0 Å². The monoisotopic (exact) mass is 339 g/mol. The minimum Gasteiger partial charge on any atom is -0.391 e. The summed E-state index contributed by atoms with van der Waals surface area (Å²) >= 11 is 3.60. The lowest BCUT2D eigenvalue weighted by molar-refractivity contribution is -0.0747. The summed E-state index contributed by atoms with van der Waals surface area (Å²) in [5.41, 5.74) is 4.56. The Hall–Kier alpha value is -0.930. The maximum atomic E-state index is 14.5. The van der Waals surface area contributed by atoms with Gasteiger partial charge in [-0.3, -0.25) is 9.13 Å². The van der Waals surface area contributed by atoms with Crippen molar-refractivity contribution in [1.82, 2.24) is 9.55 Å². The average Bonchev–Trinajstić information content (AvgIpc) is 2.67.